The molecular formula is C15H12N4O3S2. The van der Waals surface area contributed by atoms with Crippen LogP contribution in [0.2, 0.25) is 0 Å². The molecule has 0 unspecified atom stereocenters. The molecule has 0 spiro atoms. The van der Waals surface area contributed by atoms with Crippen molar-refractivity contribution in [2.24, 2.45) is 0 Å². The zero-order valence-corrected chi connectivity index (χ0v) is 14.4. The minimum absolute atomic E-state index is 0.114. The zero-order valence-electron chi connectivity index (χ0n) is 12.8. The van der Waals surface area contributed by atoms with Crippen LogP contribution in [0.1, 0.15) is 5.56 Å². The molecule has 9 heteroatoms. The van der Waals surface area contributed by atoms with Gasteiger partial charge in [-0.05, 0) is 30.5 Å². The maximum absolute atomic E-state index is 11.6. The van der Waals surface area contributed by atoms with Gasteiger partial charge in [-0.1, -0.05) is 0 Å². The summed E-state index contributed by atoms with van der Waals surface area (Å²) in [6, 6.07) is 8.58. The van der Waals surface area contributed by atoms with Gasteiger partial charge in [-0.25, -0.2) is 18.1 Å². The Morgan fingerprint density at radius 1 is 1.33 bits per heavy atom. The average molecular weight is 360 g/mol. The number of hydrogen-bond donors (Lipinski definition) is 0. The second kappa shape index (κ2) is 6.14. The number of nitriles is 1. The number of furan rings is 1. The normalized spacial score (nSPS) is 11.4. The van der Waals surface area contributed by atoms with Gasteiger partial charge in [0.25, 0.3) is 0 Å². The van der Waals surface area contributed by atoms with E-state index in [1.807, 2.05) is 6.26 Å². The molecule has 0 fully saturated rings. The van der Waals surface area contributed by atoms with Gasteiger partial charge in [0.15, 0.2) is 21.4 Å². The number of nitrogens with zero attached hydrogens (tertiary/aromatic N) is 4. The SMILES string of the molecule is CSc1nn(-c2ccc(S(C)(=O)=O)cn2)c(-c2ccco2)c1C#N. The fraction of sp³-hybridized carbons (Fsp3) is 0.133. The highest BCUT2D eigenvalue weighted by Gasteiger charge is 2.22. The molecule has 0 amide bonds. The molecule has 0 atom stereocenters. The molecule has 0 bridgehead atoms. The van der Waals surface area contributed by atoms with Crippen LogP contribution in [0.4, 0.5) is 0 Å². The van der Waals surface area contributed by atoms with Gasteiger partial charge in [0.1, 0.15) is 22.4 Å². The molecule has 0 aromatic carbocycles. The highest BCUT2D eigenvalue weighted by molar-refractivity contribution is 7.98. The summed E-state index contributed by atoms with van der Waals surface area (Å²) >= 11 is 1.33. The molecular weight excluding hydrogens is 348 g/mol. The van der Waals surface area contributed by atoms with Crippen molar-refractivity contribution in [3.63, 3.8) is 0 Å². The Morgan fingerprint density at radius 2 is 2.12 bits per heavy atom. The molecule has 3 heterocycles. The summed E-state index contributed by atoms with van der Waals surface area (Å²) in [7, 11) is -3.33. The number of aromatic nitrogens is 3. The van der Waals surface area contributed by atoms with Crippen molar-refractivity contribution in [1.82, 2.24) is 14.8 Å². The van der Waals surface area contributed by atoms with E-state index in [0.717, 1.165) is 6.26 Å². The van der Waals surface area contributed by atoms with Crippen molar-refractivity contribution in [2.75, 3.05) is 12.5 Å². The third-order valence-electron chi connectivity index (χ3n) is 3.28. The van der Waals surface area contributed by atoms with E-state index in [1.165, 1.54) is 35.0 Å². The van der Waals surface area contributed by atoms with Gasteiger partial charge in [-0.15, -0.1) is 11.8 Å². The third-order valence-corrected chi connectivity index (χ3v) is 5.05. The lowest BCUT2D eigenvalue weighted by molar-refractivity contribution is 0.576. The van der Waals surface area contributed by atoms with Crippen LogP contribution in [0.15, 0.2) is 51.1 Å². The van der Waals surface area contributed by atoms with Crippen LogP contribution in [0, 0.1) is 11.3 Å². The molecule has 122 valence electrons. The number of thioether (sulfide) groups is 1. The number of rotatable bonds is 4. The van der Waals surface area contributed by atoms with Crippen molar-refractivity contribution in [2.45, 2.75) is 9.92 Å². The van der Waals surface area contributed by atoms with Gasteiger partial charge in [-0.3, -0.25) is 0 Å². The highest BCUT2D eigenvalue weighted by atomic mass is 32.2. The van der Waals surface area contributed by atoms with Crippen LogP contribution in [0.5, 0.6) is 0 Å². The second-order valence-corrected chi connectivity index (χ2v) is 7.67. The number of sulfone groups is 1. The lowest BCUT2D eigenvalue weighted by Crippen LogP contribution is -2.04. The Morgan fingerprint density at radius 3 is 2.62 bits per heavy atom. The Balaban J connectivity index is 2.21. The third kappa shape index (κ3) is 2.81. The summed E-state index contributed by atoms with van der Waals surface area (Å²) in [6.07, 6.45) is 5.71. The number of pyridine rings is 1. The molecule has 0 saturated heterocycles. The largest absolute Gasteiger partial charge is 0.463 e. The topological polar surface area (TPSA) is 102 Å². The van der Waals surface area contributed by atoms with Crippen molar-refractivity contribution in [3.05, 3.63) is 42.3 Å². The van der Waals surface area contributed by atoms with Crippen LogP contribution in [-0.4, -0.2) is 35.7 Å². The van der Waals surface area contributed by atoms with Crippen molar-refractivity contribution >= 4 is 21.6 Å². The van der Waals surface area contributed by atoms with E-state index in [2.05, 4.69) is 16.2 Å². The molecule has 0 aliphatic heterocycles. The standard InChI is InChI=1S/C15H12N4O3S2/c1-23-15-11(8-16)14(12-4-3-7-22-12)19(18-15)13-6-5-10(9-17-13)24(2,20)21/h3-7,9H,1-2H3. The molecule has 0 N–H and O–H groups in total. The average Bonchev–Trinajstić information content (AvgIpc) is 3.20. The van der Waals surface area contributed by atoms with E-state index in [4.69, 9.17) is 4.42 Å². The first-order valence-electron chi connectivity index (χ1n) is 6.73. The Bertz CT molecular complexity index is 1010. The zero-order chi connectivity index (χ0) is 17.3. The minimum Gasteiger partial charge on any atom is -0.463 e. The second-order valence-electron chi connectivity index (χ2n) is 4.86. The first-order valence-corrected chi connectivity index (χ1v) is 9.84. The van der Waals surface area contributed by atoms with E-state index in [9.17, 15) is 13.7 Å². The quantitative estimate of drug-likeness (QED) is 0.659. The van der Waals surface area contributed by atoms with Gasteiger partial charge in [0, 0.05) is 12.5 Å². The minimum atomic E-state index is -3.33. The monoisotopic (exact) mass is 360 g/mol. The molecule has 0 aliphatic carbocycles. The fourth-order valence-electron chi connectivity index (χ4n) is 2.17. The Kier molecular flexibility index (Phi) is 4.17. The molecule has 3 rings (SSSR count). The van der Waals surface area contributed by atoms with Crippen LogP contribution >= 0.6 is 11.8 Å². The van der Waals surface area contributed by atoms with Crippen molar-refractivity contribution in [1.29, 1.82) is 5.26 Å². The molecule has 3 aromatic rings. The summed E-state index contributed by atoms with van der Waals surface area (Å²) in [5, 5.41) is 14.4. The molecule has 24 heavy (non-hydrogen) atoms. The van der Waals surface area contributed by atoms with E-state index in [0.29, 0.717) is 27.9 Å². The van der Waals surface area contributed by atoms with Gasteiger partial charge in [-0.2, -0.15) is 10.4 Å². The van der Waals surface area contributed by atoms with E-state index in [1.54, 1.807) is 18.2 Å². The summed E-state index contributed by atoms with van der Waals surface area (Å²) in [5.74, 6) is 0.874. The molecule has 0 saturated carbocycles. The van der Waals surface area contributed by atoms with Crippen LogP contribution < -0.4 is 0 Å². The summed E-state index contributed by atoms with van der Waals surface area (Å²) in [4.78, 5) is 4.28. The maximum atomic E-state index is 11.6. The summed E-state index contributed by atoms with van der Waals surface area (Å²) in [6.45, 7) is 0. The molecule has 0 aliphatic rings. The number of hydrogen-bond acceptors (Lipinski definition) is 7. The van der Waals surface area contributed by atoms with Gasteiger partial charge < -0.3 is 4.42 Å². The maximum Gasteiger partial charge on any atom is 0.177 e. The van der Waals surface area contributed by atoms with Crippen molar-refractivity contribution in [3.8, 4) is 23.3 Å². The van der Waals surface area contributed by atoms with Crippen LogP contribution in [0.3, 0.4) is 0 Å². The van der Waals surface area contributed by atoms with Crippen LogP contribution in [0.25, 0.3) is 17.3 Å². The first kappa shape index (κ1) is 16.3. The lowest BCUT2D eigenvalue weighted by Gasteiger charge is -2.05. The van der Waals surface area contributed by atoms with E-state index < -0.39 is 9.84 Å². The van der Waals surface area contributed by atoms with E-state index >= 15 is 0 Å². The van der Waals surface area contributed by atoms with Gasteiger partial charge in [0.2, 0.25) is 0 Å². The fourth-order valence-corrected chi connectivity index (χ4v) is 3.23. The lowest BCUT2D eigenvalue weighted by atomic mass is 10.2. The molecule has 3 aromatic heterocycles. The molecule has 0 radical (unpaired) electrons. The molecule has 7 nitrogen and oxygen atoms in total. The Hall–Kier alpha value is -2.57. The van der Waals surface area contributed by atoms with Crippen LogP contribution in [-0.2, 0) is 9.84 Å². The first-order chi connectivity index (χ1) is 11.5. The summed E-state index contributed by atoms with van der Waals surface area (Å²) < 4.78 is 30.0. The van der Waals surface area contributed by atoms with Gasteiger partial charge >= 0.3 is 0 Å². The highest BCUT2D eigenvalue weighted by Crippen LogP contribution is 2.32. The smallest absolute Gasteiger partial charge is 0.177 e. The van der Waals surface area contributed by atoms with Gasteiger partial charge in [0.05, 0.1) is 11.2 Å². The van der Waals surface area contributed by atoms with Crippen molar-refractivity contribution < 1.29 is 12.8 Å². The Labute approximate surface area is 142 Å². The predicted molar refractivity (Wildman–Crippen MR) is 88.7 cm³/mol. The van der Waals surface area contributed by atoms with E-state index in [-0.39, 0.29) is 4.90 Å². The predicted octanol–water partition coefficient (Wildman–Crippen LogP) is 2.52. The summed E-state index contributed by atoms with van der Waals surface area (Å²) in [5.41, 5.74) is 0.859.